The number of cyclic esters (lactones) is 1. The minimum atomic E-state index is -5.53. The van der Waals surface area contributed by atoms with Crippen molar-refractivity contribution in [3.63, 3.8) is 0 Å². The second kappa shape index (κ2) is 12.9. The fraction of sp³-hybridized carbons (Fsp3) is 0.469. The number of thiophene rings is 1. The molecule has 0 unspecified atom stereocenters. The Balaban J connectivity index is 1.23. The molecule has 268 valence electrons. The van der Waals surface area contributed by atoms with Gasteiger partial charge in [-0.05, 0) is 52.4 Å². The van der Waals surface area contributed by atoms with Gasteiger partial charge in [0.15, 0.2) is 35.6 Å². The summed E-state index contributed by atoms with van der Waals surface area (Å²) >= 11 is 1.37. The molecule has 16 nitrogen and oxygen atoms in total. The van der Waals surface area contributed by atoms with Crippen LogP contribution in [-0.4, -0.2) is 90.7 Å². The maximum absolute atomic E-state index is 13.8. The van der Waals surface area contributed by atoms with Gasteiger partial charge in [-0.25, -0.2) is 4.57 Å². The van der Waals surface area contributed by atoms with Crippen molar-refractivity contribution in [1.29, 1.82) is 0 Å². The van der Waals surface area contributed by atoms with Crippen molar-refractivity contribution in [2.45, 2.75) is 49.0 Å². The van der Waals surface area contributed by atoms with Crippen LogP contribution < -0.4 is 23.5 Å². The molecule has 4 N–H and O–H groups in total. The van der Waals surface area contributed by atoms with Crippen LogP contribution in [0.5, 0.6) is 28.7 Å². The van der Waals surface area contributed by atoms with Gasteiger partial charge >= 0.3 is 13.8 Å². The SMILES string of the molecule is [2H]C([2H])([2H])Oc1cc([C@@H]2c3cc4c(cc3[C@@H](O[C@@H]3O[C@@H]5CO[C@@H](c6cccs6)O[C@H]5[C@H](O)[C@H]3O)[C@H]3COC(=O)[C@H]23)OC([2H])([2H])O4)cc(OC([2H])([2H])[2H])c1OP(=O)(O)O. The smallest absolute Gasteiger partial charge is 0.493 e. The summed E-state index contributed by atoms with van der Waals surface area (Å²) in [6.07, 6.45) is -8.88. The summed E-state index contributed by atoms with van der Waals surface area (Å²) in [5, 5.41) is 24.5. The molecule has 0 saturated carbocycles. The number of phosphoric ester groups is 1. The molecule has 8 rings (SSSR count). The van der Waals surface area contributed by atoms with Gasteiger partial charge in [-0.2, -0.15) is 0 Å². The van der Waals surface area contributed by atoms with Crippen molar-refractivity contribution < 1.29 is 87.5 Å². The average Bonchev–Trinajstić information content (AvgIpc) is 3.84. The van der Waals surface area contributed by atoms with Gasteiger partial charge in [0, 0.05) is 11.8 Å². The highest BCUT2D eigenvalue weighted by molar-refractivity contribution is 7.46. The number of phosphoric acid groups is 1. The molecular weight excluding hydrogens is 703 g/mol. The van der Waals surface area contributed by atoms with Crippen LogP contribution in [0.2, 0.25) is 0 Å². The third-order valence-electron chi connectivity index (χ3n) is 9.22. The molecule has 5 heterocycles. The van der Waals surface area contributed by atoms with Crippen LogP contribution >= 0.6 is 19.2 Å². The summed E-state index contributed by atoms with van der Waals surface area (Å²) in [6, 6.07) is 8.17. The monoisotopic (exact) mass is 744 g/mol. The van der Waals surface area contributed by atoms with Crippen molar-refractivity contribution in [3.8, 4) is 28.7 Å². The predicted molar refractivity (Wildman–Crippen MR) is 167 cm³/mol. The topological polar surface area (TPSA) is 207 Å². The van der Waals surface area contributed by atoms with Gasteiger partial charge in [0.05, 0.1) is 52.4 Å². The molecule has 18 heteroatoms. The lowest BCUT2D eigenvalue weighted by Crippen LogP contribution is -2.62. The number of carbonyl (C=O) groups is 1. The summed E-state index contributed by atoms with van der Waals surface area (Å²) in [5.41, 5.74) is 0.189. The zero-order chi connectivity index (χ0) is 41.7. The van der Waals surface area contributed by atoms with Crippen molar-refractivity contribution in [2.24, 2.45) is 11.8 Å². The van der Waals surface area contributed by atoms with E-state index in [-0.39, 0.29) is 41.4 Å². The molecule has 0 amide bonds. The Labute approximate surface area is 299 Å². The van der Waals surface area contributed by atoms with Gasteiger partial charge in [0.2, 0.25) is 12.5 Å². The van der Waals surface area contributed by atoms with E-state index in [0.29, 0.717) is 0 Å². The second-order valence-electron chi connectivity index (χ2n) is 12.0. The van der Waals surface area contributed by atoms with Gasteiger partial charge in [0.1, 0.15) is 27.2 Å². The Kier molecular flexibility index (Phi) is 6.59. The van der Waals surface area contributed by atoms with Gasteiger partial charge in [0.25, 0.3) is 0 Å². The Morgan fingerprint density at radius 3 is 2.40 bits per heavy atom. The summed E-state index contributed by atoms with van der Waals surface area (Å²) in [4.78, 5) is 33.9. The highest BCUT2D eigenvalue weighted by Gasteiger charge is 2.56. The maximum atomic E-state index is 13.8. The summed E-state index contributed by atoms with van der Waals surface area (Å²) in [6.45, 7) is -3.04. The third kappa shape index (κ3) is 5.81. The number of rotatable bonds is 8. The molecule has 5 aliphatic rings. The van der Waals surface area contributed by atoms with E-state index in [0.717, 1.165) is 17.0 Å². The Hall–Kier alpha value is -3.48. The van der Waals surface area contributed by atoms with Crippen molar-refractivity contribution in [2.75, 3.05) is 34.0 Å². The second-order valence-corrected chi connectivity index (χ2v) is 14.2. The van der Waals surface area contributed by atoms with E-state index in [2.05, 4.69) is 0 Å². The summed E-state index contributed by atoms with van der Waals surface area (Å²) < 4.78 is 130. The number of esters is 1. The van der Waals surface area contributed by atoms with Crippen LogP contribution in [0.25, 0.3) is 0 Å². The first-order valence-corrected chi connectivity index (χ1v) is 17.5. The number of aliphatic hydroxyl groups is 2. The summed E-state index contributed by atoms with van der Waals surface area (Å²) in [5.74, 6) is -7.52. The highest BCUT2D eigenvalue weighted by atomic mass is 32.1. The Morgan fingerprint density at radius 1 is 0.980 bits per heavy atom. The van der Waals surface area contributed by atoms with Crippen molar-refractivity contribution >= 4 is 25.1 Å². The first-order chi connectivity index (χ1) is 27.0. The molecule has 1 aliphatic carbocycles. The molecule has 0 spiro atoms. The molecule has 2 aromatic carbocycles. The van der Waals surface area contributed by atoms with Crippen LogP contribution in [-0.2, 0) is 33.0 Å². The number of aliphatic hydroxyl groups excluding tert-OH is 2. The number of hydrogen-bond acceptors (Lipinski definition) is 15. The maximum Gasteiger partial charge on any atom is 0.525 e. The minimum Gasteiger partial charge on any atom is -0.493 e. The molecular formula is C32H33O16PS. The number of benzene rings is 2. The van der Waals surface area contributed by atoms with Crippen LogP contribution in [0.4, 0.5) is 0 Å². The lowest BCUT2D eigenvalue weighted by Gasteiger charge is -2.48. The third-order valence-corrected chi connectivity index (χ3v) is 10.5. The van der Waals surface area contributed by atoms with Crippen LogP contribution in [0.15, 0.2) is 41.8 Å². The molecule has 50 heavy (non-hydrogen) atoms. The first-order valence-electron chi connectivity index (χ1n) is 19.1. The number of fused-ring (bicyclic) bond motifs is 4. The number of methoxy groups -OCH3 is 2. The fourth-order valence-electron chi connectivity index (χ4n) is 7.12. The van der Waals surface area contributed by atoms with Gasteiger partial charge in [-0.3, -0.25) is 14.6 Å². The van der Waals surface area contributed by atoms with E-state index in [1.165, 1.54) is 23.5 Å². The van der Waals surface area contributed by atoms with E-state index in [4.69, 9.17) is 58.1 Å². The van der Waals surface area contributed by atoms with E-state index in [1.54, 1.807) is 12.1 Å². The predicted octanol–water partition coefficient (Wildman–Crippen LogP) is 2.52. The molecule has 3 aromatic rings. The lowest BCUT2D eigenvalue weighted by molar-refractivity contribution is -0.368. The van der Waals surface area contributed by atoms with Crippen LogP contribution in [0.3, 0.4) is 0 Å². The lowest BCUT2D eigenvalue weighted by atomic mass is 9.66. The molecule has 3 fully saturated rings. The normalized spacial score (nSPS) is 36.7. The highest BCUT2D eigenvalue weighted by Crippen LogP contribution is 2.58. The Morgan fingerprint density at radius 2 is 1.72 bits per heavy atom. The average molecular weight is 745 g/mol. The molecule has 3 saturated heterocycles. The minimum absolute atomic E-state index is 0.0648. The van der Waals surface area contributed by atoms with E-state index in [9.17, 15) is 29.4 Å². The summed E-state index contributed by atoms with van der Waals surface area (Å²) in [7, 11) is -12.1. The molecule has 10 atom stereocenters. The standard InChI is InChI=1S/C32H33O16PS/c1-39-19-6-13(7-20(40-2)28(19)48-49(36,37)38)23-14-8-17-18(44-12-43-17)9-15(14)27(16-10-41-30(35)24(16)23)46-32-26(34)25(33)29-21(45-32)11-42-31(47-29)22-4-3-5-50-22/h3-9,16,21,23-27,29,31-34H,10-12H2,1-2H3,(H2,36,37,38)/t16-,21+,23+,24-,25+,26+,27+,29+,31+,32-/m0/s1/i1D3,2D3,12D2. The van der Waals surface area contributed by atoms with E-state index in [1.807, 2.05) is 5.38 Å². The largest absolute Gasteiger partial charge is 0.525 e. The molecule has 0 radical (unpaired) electrons. The van der Waals surface area contributed by atoms with E-state index >= 15 is 0 Å². The molecule has 1 aromatic heterocycles. The fourth-order valence-corrected chi connectivity index (χ4v) is 8.24. The zero-order valence-corrected chi connectivity index (χ0v) is 27.0. The van der Waals surface area contributed by atoms with Crippen LogP contribution in [0.1, 0.15) is 50.8 Å². The first kappa shape index (κ1) is 25.5. The van der Waals surface area contributed by atoms with Gasteiger partial charge < -0.3 is 57.4 Å². The Bertz CT molecular complexity index is 2080. The number of hydrogen-bond donors (Lipinski definition) is 4. The van der Waals surface area contributed by atoms with Gasteiger partial charge in [-0.1, -0.05) is 6.07 Å². The van der Waals surface area contributed by atoms with Crippen molar-refractivity contribution in [1.82, 2.24) is 0 Å². The quantitative estimate of drug-likeness (QED) is 0.193. The molecule has 4 aliphatic heterocycles. The van der Waals surface area contributed by atoms with Gasteiger partial charge in [-0.15, -0.1) is 11.3 Å². The van der Waals surface area contributed by atoms with Crippen molar-refractivity contribution in [3.05, 3.63) is 63.3 Å². The molecule has 0 bridgehead atoms. The van der Waals surface area contributed by atoms with Crippen LogP contribution in [0, 0.1) is 11.8 Å². The van der Waals surface area contributed by atoms with E-state index < -0.39 is 113 Å². The number of carbonyl (C=O) groups excluding carboxylic acids is 1. The number of ether oxygens (including phenoxy) is 9. The zero-order valence-electron chi connectivity index (χ0n) is 33.3.